The number of benzene rings is 2. The predicted octanol–water partition coefficient (Wildman–Crippen LogP) is 7.19. The fourth-order valence-electron chi connectivity index (χ4n) is 4.15. The van der Waals surface area contributed by atoms with Crippen LogP contribution in [0.5, 0.6) is 5.75 Å². The van der Waals surface area contributed by atoms with Gasteiger partial charge in [0.1, 0.15) is 10.4 Å². The second-order valence-corrected chi connectivity index (χ2v) is 8.79. The Balaban J connectivity index is 1.72. The van der Waals surface area contributed by atoms with Gasteiger partial charge in [0.05, 0.1) is 0 Å². The van der Waals surface area contributed by atoms with Crippen LogP contribution in [0.4, 0.5) is 0 Å². The molecule has 1 atom stereocenters. The minimum absolute atomic E-state index is 0.0774. The maximum atomic E-state index is 12.3. The first kappa shape index (κ1) is 19.7. The Kier molecular flexibility index (Phi) is 5.72. The van der Waals surface area contributed by atoms with Gasteiger partial charge in [-0.1, -0.05) is 63.8 Å². The van der Waals surface area contributed by atoms with Crippen molar-refractivity contribution in [3.05, 3.63) is 63.8 Å². The number of rotatable bonds is 7. The molecule has 1 unspecified atom stereocenters. The molecule has 0 fully saturated rings. The van der Waals surface area contributed by atoms with Gasteiger partial charge in [-0.2, -0.15) is 0 Å². The van der Waals surface area contributed by atoms with Crippen molar-refractivity contribution >= 4 is 32.3 Å². The van der Waals surface area contributed by atoms with Crippen LogP contribution >= 0.6 is 11.3 Å². The van der Waals surface area contributed by atoms with Gasteiger partial charge >= 0.3 is 0 Å². The number of fused-ring (bicyclic) bond motifs is 3. The molecule has 0 spiro atoms. The molecule has 2 N–H and O–H groups in total. The molecule has 0 aliphatic heterocycles. The first-order valence-electron chi connectivity index (χ1n) is 10.5. The molecule has 0 aliphatic rings. The van der Waals surface area contributed by atoms with E-state index in [9.17, 15) is 9.90 Å². The Hall–Kier alpha value is -2.59. The summed E-state index contributed by atoms with van der Waals surface area (Å²) in [6, 6.07) is 13.9. The number of hydrogen-bond acceptors (Lipinski definition) is 3. The number of phenols is 1. The summed E-state index contributed by atoms with van der Waals surface area (Å²) >= 11 is 1.43. The van der Waals surface area contributed by atoms with Crippen LogP contribution in [-0.2, 0) is 0 Å². The summed E-state index contributed by atoms with van der Waals surface area (Å²) in [5.41, 5.74) is 3.76. The zero-order valence-electron chi connectivity index (χ0n) is 17.0. The first-order chi connectivity index (χ1) is 14.1. The van der Waals surface area contributed by atoms with Crippen LogP contribution in [0.1, 0.15) is 57.4 Å². The van der Waals surface area contributed by atoms with Crippen molar-refractivity contribution in [1.29, 1.82) is 0 Å². The number of aromatic nitrogens is 1. The molecule has 0 saturated carbocycles. The number of hydrogen-bond donors (Lipinski definition) is 2. The molecule has 4 heteroatoms. The first-order valence-corrected chi connectivity index (χ1v) is 11.3. The number of H-pyrrole nitrogens is 1. The van der Waals surface area contributed by atoms with Crippen molar-refractivity contribution in [1.82, 2.24) is 4.98 Å². The molecule has 0 aliphatic carbocycles. The SMILES string of the molecule is CCCCCCC(C)c1ccc(-c2c(O)ccc3[nH]c(=O)c4sccc4c23)cc1. The van der Waals surface area contributed by atoms with Crippen LogP contribution in [0.25, 0.3) is 32.1 Å². The second kappa shape index (κ2) is 8.42. The molecule has 2 aromatic heterocycles. The zero-order chi connectivity index (χ0) is 20.4. The molecule has 0 saturated heterocycles. The van der Waals surface area contributed by atoms with E-state index in [-0.39, 0.29) is 11.3 Å². The van der Waals surface area contributed by atoms with Crippen LogP contribution in [0.15, 0.2) is 52.6 Å². The van der Waals surface area contributed by atoms with E-state index in [0.29, 0.717) is 10.6 Å². The number of unbranched alkanes of at least 4 members (excludes halogenated alkanes) is 3. The van der Waals surface area contributed by atoms with Crippen molar-refractivity contribution in [2.75, 3.05) is 0 Å². The van der Waals surface area contributed by atoms with Gasteiger partial charge < -0.3 is 10.1 Å². The Morgan fingerprint density at radius 2 is 1.83 bits per heavy atom. The van der Waals surface area contributed by atoms with Crippen molar-refractivity contribution in [2.45, 2.75) is 51.9 Å². The van der Waals surface area contributed by atoms with Gasteiger partial charge in [0, 0.05) is 21.9 Å². The minimum Gasteiger partial charge on any atom is -0.507 e. The monoisotopic (exact) mass is 405 g/mol. The molecule has 0 bridgehead atoms. The number of nitrogens with one attached hydrogen (secondary N) is 1. The molecular weight excluding hydrogens is 378 g/mol. The fourth-order valence-corrected chi connectivity index (χ4v) is 4.95. The Morgan fingerprint density at radius 3 is 2.59 bits per heavy atom. The van der Waals surface area contributed by atoms with Crippen LogP contribution in [0, 0.1) is 0 Å². The van der Waals surface area contributed by atoms with Crippen molar-refractivity contribution in [3.8, 4) is 16.9 Å². The van der Waals surface area contributed by atoms with Crippen molar-refractivity contribution in [2.24, 2.45) is 0 Å². The van der Waals surface area contributed by atoms with E-state index in [1.165, 1.54) is 49.0 Å². The Bertz CT molecular complexity index is 1190. The highest BCUT2D eigenvalue weighted by atomic mass is 32.1. The maximum Gasteiger partial charge on any atom is 0.266 e. The highest BCUT2D eigenvalue weighted by Gasteiger charge is 2.16. The summed E-state index contributed by atoms with van der Waals surface area (Å²) in [6.07, 6.45) is 6.35. The Labute approximate surface area is 175 Å². The highest BCUT2D eigenvalue weighted by molar-refractivity contribution is 7.17. The van der Waals surface area contributed by atoms with Crippen LogP contribution < -0.4 is 5.56 Å². The summed E-state index contributed by atoms with van der Waals surface area (Å²) in [6.45, 7) is 4.53. The predicted molar refractivity (Wildman–Crippen MR) is 124 cm³/mol. The third-order valence-electron chi connectivity index (χ3n) is 5.83. The second-order valence-electron chi connectivity index (χ2n) is 7.87. The summed E-state index contributed by atoms with van der Waals surface area (Å²) in [5.74, 6) is 0.763. The topological polar surface area (TPSA) is 53.1 Å². The normalized spacial score (nSPS) is 12.6. The third kappa shape index (κ3) is 3.82. The van der Waals surface area contributed by atoms with Crippen molar-refractivity contribution < 1.29 is 5.11 Å². The molecule has 29 heavy (non-hydrogen) atoms. The highest BCUT2D eigenvalue weighted by Crippen LogP contribution is 2.40. The van der Waals surface area contributed by atoms with E-state index in [2.05, 4.69) is 43.1 Å². The third-order valence-corrected chi connectivity index (χ3v) is 6.74. The molecular formula is C25H27NO2S. The largest absolute Gasteiger partial charge is 0.507 e. The Morgan fingerprint density at radius 1 is 1.03 bits per heavy atom. The molecule has 2 aromatic carbocycles. The van der Waals surface area contributed by atoms with E-state index in [4.69, 9.17) is 0 Å². The lowest BCUT2D eigenvalue weighted by molar-refractivity contribution is 0.478. The zero-order valence-corrected chi connectivity index (χ0v) is 17.8. The maximum absolute atomic E-state index is 12.3. The lowest BCUT2D eigenvalue weighted by Crippen LogP contribution is -2.04. The molecule has 0 amide bonds. The van der Waals surface area contributed by atoms with E-state index in [0.717, 1.165) is 27.4 Å². The average Bonchev–Trinajstić information content (AvgIpc) is 3.22. The van der Waals surface area contributed by atoms with Crippen LogP contribution in [-0.4, -0.2) is 10.1 Å². The van der Waals surface area contributed by atoms with Crippen molar-refractivity contribution in [3.63, 3.8) is 0 Å². The molecule has 150 valence electrons. The lowest BCUT2D eigenvalue weighted by atomic mass is 9.91. The number of phenolic OH excluding ortho intramolecular Hbond substituents is 1. The number of aromatic hydroxyl groups is 1. The van der Waals surface area contributed by atoms with Gasteiger partial charge in [0.15, 0.2) is 0 Å². The van der Waals surface area contributed by atoms with Gasteiger partial charge in [-0.3, -0.25) is 4.79 Å². The quantitative estimate of drug-likeness (QED) is 0.320. The molecule has 2 heterocycles. The minimum atomic E-state index is -0.0774. The molecule has 4 aromatic rings. The lowest BCUT2D eigenvalue weighted by Gasteiger charge is -2.14. The molecule has 0 radical (unpaired) electrons. The van der Waals surface area contributed by atoms with E-state index < -0.39 is 0 Å². The van der Waals surface area contributed by atoms with E-state index in [1.54, 1.807) is 12.1 Å². The summed E-state index contributed by atoms with van der Waals surface area (Å²) < 4.78 is 0.696. The molecule has 3 nitrogen and oxygen atoms in total. The van der Waals surface area contributed by atoms with Gasteiger partial charge in [-0.15, -0.1) is 11.3 Å². The van der Waals surface area contributed by atoms with Gasteiger partial charge in [-0.25, -0.2) is 0 Å². The van der Waals surface area contributed by atoms with Gasteiger partial charge in [0.2, 0.25) is 0 Å². The summed E-state index contributed by atoms with van der Waals surface area (Å²) in [5, 5.41) is 14.4. The molecule has 4 rings (SSSR count). The summed E-state index contributed by atoms with van der Waals surface area (Å²) in [7, 11) is 0. The number of aromatic amines is 1. The fraction of sp³-hybridized carbons (Fsp3) is 0.320. The van der Waals surface area contributed by atoms with E-state index in [1.807, 2.05) is 11.4 Å². The van der Waals surface area contributed by atoms with E-state index >= 15 is 0 Å². The average molecular weight is 406 g/mol. The van der Waals surface area contributed by atoms with Gasteiger partial charge in [0.25, 0.3) is 5.56 Å². The standard InChI is InChI=1S/C25H27NO2S/c1-3-4-5-6-7-16(2)17-8-10-18(11-9-17)22-21(27)13-12-20-23(22)19-14-15-29-24(19)25(28)26-20/h8-16,27H,3-7H2,1-2H3,(H,26,28). The van der Waals surface area contributed by atoms with Crippen LogP contribution in [0.2, 0.25) is 0 Å². The number of thiophene rings is 1. The van der Waals surface area contributed by atoms with Gasteiger partial charge in [-0.05, 0) is 47.0 Å². The number of pyridine rings is 1. The summed E-state index contributed by atoms with van der Waals surface area (Å²) in [4.78, 5) is 15.3. The smallest absolute Gasteiger partial charge is 0.266 e. The van der Waals surface area contributed by atoms with Crippen LogP contribution in [0.3, 0.4) is 0 Å².